The van der Waals surface area contributed by atoms with E-state index in [0.29, 0.717) is 16.7 Å². The fourth-order valence-electron chi connectivity index (χ4n) is 2.29. The number of hydrogen-bond acceptors (Lipinski definition) is 2. The highest BCUT2D eigenvalue weighted by molar-refractivity contribution is 5.83. The minimum absolute atomic E-state index is 0.248. The monoisotopic (exact) mass is 292 g/mol. The van der Waals surface area contributed by atoms with Crippen molar-refractivity contribution >= 4 is 10.9 Å². The molecule has 0 saturated carbocycles. The third kappa shape index (κ3) is 2.38. The van der Waals surface area contributed by atoms with Crippen molar-refractivity contribution < 1.29 is 18.3 Å². The molecule has 1 atom stereocenters. The van der Waals surface area contributed by atoms with Crippen molar-refractivity contribution in [2.24, 2.45) is 0 Å². The molecule has 21 heavy (non-hydrogen) atoms. The van der Waals surface area contributed by atoms with Crippen molar-refractivity contribution in [2.45, 2.75) is 12.3 Å². The number of aliphatic hydroxyl groups is 1. The van der Waals surface area contributed by atoms with Crippen LogP contribution in [0.1, 0.15) is 11.8 Å². The van der Waals surface area contributed by atoms with Gasteiger partial charge in [0.25, 0.3) is 0 Å². The first kappa shape index (κ1) is 13.6. The Balaban J connectivity index is 2.30. The van der Waals surface area contributed by atoms with Crippen LogP contribution in [0, 0.1) is 0 Å². The lowest BCUT2D eigenvalue weighted by Crippen LogP contribution is -2.22. The molecule has 0 aliphatic carbocycles. The van der Waals surface area contributed by atoms with E-state index in [2.05, 4.69) is 4.98 Å². The molecule has 0 radical (unpaired) electrons. The fourth-order valence-corrected chi connectivity index (χ4v) is 2.29. The van der Waals surface area contributed by atoms with Crippen LogP contribution >= 0.6 is 0 Å². The molecule has 0 amide bonds. The summed E-state index contributed by atoms with van der Waals surface area (Å²) < 4.78 is 40.0. The lowest BCUT2D eigenvalue weighted by atomic mass is 10.2. The van der Waals surface area contributed by atoms with Gasteiger partial charge in [0.05, 0.1) is 11.2 Å². The molecule has 0 aliphatic heterocycles. The molecule has 1 aromatic carbocycles. The zero-order chi connectivity index (χ0) is 15.0. The van der Waals surface area contributed by atoms with Crippen molar-refractivity contribution in [3.63, 3.8) is 0 Å². The van der Waals surface area contributed by atoms with Crippen molar-refractivity contribution in [3.05, 3.63) is 60.4 Å². The van der Waals surface area contributed by atoms with Gasteiger partial charge in [-0.1, -0.05) is 24.3 Å². The Kier molecular flexibility index (Phi) is 3.17. The van der Waals surface area contributed by atoms with Gasteiger partial charge in [0.1, 0.15) is 5.82 Å². The number of rotatable bonds is 2. The molecule has 108 valence electrons. The van der Waals surface area contributed by atoms with Crippen LogP contribution in [-0.2, 0) is 0 Å². The highest BCUT2D eigenvalue weighted by Crippen LogP contribution is 2.36. The zero-order valence-corrected chi connectivity index (χ0v) is 10.7. The number of halogens is 3. The second-order valence-electron chi connectivity index (χ2n) is 4.60. The van der Waals surface area contributed by atoms with E-state index in [1.165, 1.54) is 16.8 Å². The first-order valence-electron chi connectivity index (χ1n) is 6.25. The smallest absolute Gasteiger partial charge is 0.378 e. The lowest BCUT2D eigenvalue weighted by Gasteiger charge is -2.17. The van der Waals surface area contributed by atoms with E-state index >= 15 is 0 Å². The van der Waals surface area contributed by atoms with E-state index in [1.54, 1.807) is 42.5 Å². The number of aliphatic hydroxyl groups excluding tert-OH is 1. The fraction of sp³-hybridized carbons (Fsp3) is 0.133. The summed E-state index contributed by atoms with van der Waals surface area (Å²) in [5.41, 5.74) is 0.317. The molecule has 1 N–H and O–H groups in total. The zero-order valence-electron chi connectivity index (χ0n) is 10.7. The number of hydrogen-bond donors (Lipinski definition) is 1. The summed E-state index contributed by atoms with van der Waals surface area (Å²) in [5.74, 6) is 0.331. The second kappa shape index (κ2) is 4.89. The molecule has 2 heterocycles. The van der Waals surface area contributed by atoms with Crippen molar-refractivity contribution in [1.29, 1.82) is 0 Å². The third-order valence-electron chi connectivity index (χ3n) is 3.21. The Morgan fingerprint density at radius 3 is 2.43 bits per heavy atom. The summed E-state index contributed by atoms with van der Waals surface area (Å²) in [7, 11) is 0. The van der Waals surface area contributed by atoms with E-state index < -0.39 is 12.3 Å². The van der Waals surface area contributed by atoms with Crippen molar-refractivity contribution in [1.82, 2.24) is 9.55 Å². The Bertz CT molecular complexity index is 765. The highest BCUT2D eigenvalue weighted by Gasteiger charge is 2.41. The summed E-state index contributed by atoms with van der Waals surface area (Å²) in [6.45, 7) is 0. The van der Waals surface area contributed by atoms with E-state index in [4.69, 9.17) is 0 Å². The van der Waals surface area contributed by atoms with Crippen LogP contribution in [-0.4, -0.2) is 20.8 Å². The van der Waals surface area contributed by atoms with Gasteiger partial charge in [0.15, 0.2) is 6.10 Å². The average Bonchev–Trinajstić information content (AvgIpc) is 2.85. The van der Waals surface area contributed by atoms with Crippen molar-refractivity contribution in [2.75, 3.05) is 0 Å². The number of benzene rings is 1. The molecular weight excluding hydrogens is 281 g/mol. The molecule has 0 bridgehead atoms. The number of nitrogens with zero attached hydrogens (tertiary/aromatic N) is 2. The Morgan fingerprint density at radius 2 is 1.76 bits per heavy atom. The van der Waals surface area contributed by atoms with Crippen LogP contribution in [0.15, 0.2) is 54.7 Å². The number of aromatic nitrogens is 2. The average molecular weight is 292 g/mol. The molecule has 0 aliphatic rings. The van der Waals surface area contributed by atoms with Crippen LogP contribution in [0.25, 0.3) is 16.7 Å². The number of alkyl halides is 3. The predicted molar refractivity (Wildman–Crippen MR) is 72.1 cm³/mol. The van der Waals surface area contributed by atoms with Crippen LogP contribution in [0.5, 0.6) is 0 Å². The van der Waals surface area contributed by atoms with Gasteiger partial charge in [-0.2, -0.15) is 13.2 Å². The predicted octanol–water partition coefficient (Wildman–Crippen LogP) is 3.62. The summed E-state index contributed by atoms with van der Waals surface area (Å²) in [5, 5.41) is 10.2. The summed E-state index contributed by atoms with van der Waals surface area (Å²) in [4.78, 5) is 4.08. The maximum atomic E-state index is 12.9. The van der Waals surface area contributed by atoms with E-state index in [9.17, 15) is 18.3 Å². The van der Waals surface area contributed by atoms with E-state index in [1.807, 2.05) is 0 Å². The third-order valence-corrected chi connectivity index (χ3v) is 3.21. The summed E-state index contributed by atoms with van der Waals surface area (Å²) >= 11 is 0. The highest BCUT2D eigenvalue weighted by atomic mass is 19.4. The molecule has 3 rings (SSSR count). The Labute approximate surface area is 118 Å². The van der Waals surface area contributed by atoms with Gasteiger partial charge < -0.3 is 5.11 Å². The molecular formula is C15H11F3N2O. The number of fused-ring (bicyclic) bond motifs is 1. The van der Waals surface area contributed by atoms with Gasteiger partial charge in [-0.05, 0) is 24.3 Å². The van der Waals surface area contributed by atoms with Gasteiger partial charge in [-0.3, -0.25) is 4.57 Å². The van der Waals surface area contributed by atoms with Gasteiger partial charge in [0.2, 0.25) is 0 Å². The van der Waals surface area contributed by atoms with Crippen LogP contribution in [0.2, 0.25) is 0 Å². The molecule has 3 aromatic rings. The molecule has 6 heteroatoms. The van der Waals surface area contributed by atoms with Gasteiger partial charge in [-0.25, -0.2) is 4.98 Å². The van der Waals surface area contributed by atoms with E-state index in [-0.39, 0.29) is 5.69 Å². The first-order chi connectivity index (χ1) is 9.98. The normalized spacial score (nSPS) is 13.5. The molecule has 3 nitrogen and oxygen atoms in total. The van der Waals surface area contributed by atoms with Gasteiger partial charge in [-0.15, -0.1) is 0 Å². The molecule has 1 unspecified atom stereocenters. The Morgan fingerprint density at radius 1 is 1.05 bits per heavy atom. The SMILES string of the molecule is OC(c1cc2ccccc2n1-c1ccccn1)C(F)(F)F. The van der Waals surface area contributed by atoms with Crippen molar-refractivity contribution in [3.8, 4) is 5.82 Å². The second-order valence-corrected chi connectivity index (χ2v) is 4.60. The van der Waals surface area contributed by atoms with Crippen LogP contribution in [0.4, 0.5) is 13.2 Å². The number of para-hydroxylation sites is 1. The summed E-state index contributed by atoms with van der Waals surface area (Å²) in [6.07, 6.45) is -5.80. The number of pyridine rings is 1. The molecule has 2 aromatic heterocycles. The summed E-state index contributed by atoms with van der Waals surface area (Å²) in [6, 6.07) is 13.1. The first-order valence-corrected chi connectivity index (χ1v) is 6.25. The molecule has 0 spiro atoms. The molecule has 0 fully saturated rings. The van der Waals surface area contributed by atoms with E-state index in [0.717, 1.165) is 0 Å². The maximum absolute atomic E-state index is 12.9. The quantitative estimate of drug-likeness (QED) is 0.783. The topological polar surface area (TPSA) is 38.0 Å². The van der Waals surface area contributed by atoms with Crippen LogP contribution in [0.3, 0.4) is 0 Å². The maximum Gasteiger partial charge on any atom is 0.420 e. The Hall–Kier alpha value is -2.34. The largest absolute Gasteiger partial charge is 0.420 e. The lowest BCUT2D eigenvalue weighted by molar-refractivity contribution is -0.208. The molecule has 0 saturated heterocycles. The minimum atomic E-state index is -4.74. The van der Waals surface area contributed by atoms with Crippen LogP contribution < -0.4 is 0 Å². The minimum Gasteiger partial charge on any atom is -0.378 e. The van der Waals surface area contributed by atoms with Gasteiger partial charge in [0, 0.05) is 11.6 Å². The standard InChI is InChI=1S/C15H11F3N2O/c16-15(17,18)14(21)12-9-10-5-1-2-6-11(10)20(12)13-7-3-4-8-19-13/h1-9,14,21H. The van der Waals surface area contributed by atoms with Gasteiger partial charge >= 0.3 is 6.18 Å².